The van der Waals surface area contributed by atoms with Crippen molar-refractivity contribution in [3.63, 3.8) is 0 Å². The Morgan fingerprint density at radius 1 is 1.33 bits per heavy atom. The normalized spacial score (nSPS) is 11.8. The summed E-state index contributed by atoms with van der Waals surface area (Å²) < 4.78 is 10.8. The van der Waals surface area contributed by atoms with Gasteiger partial charge in [-0.25, -0.2) is 4.98 Å². The Bertz CT molecular complexity index is 428. The first-order chi connectivity index (χ1) is 9.84. The van der Waals surface area contributed by atoms with E-state index in [-0.39, 0.29) is 0 Å². The fourth-order valence-electron chi connectivity index (χ4n) is 1.81. The van der Waals surface area contributed by atoms with Gasteiger partial charge in [-0.1, -0.05) is 13.8 Å². The number of aliphatic hydroxyl groups is 1. The van der Waals surface area contributed by atoms with E-state index in [0.717, 1.165) is 18.8 Å². The number of methoxy groups -OCH3 is 1. The topological polar surface area (TPSA) is 63.6 Å². The van der Waals surface area contributed by atoms with E-state index in [2.05, 4.69) is 24.1 Å². The van der Waals surface area contributed by atoms with Gasteiger partial charge in [-0.05, 0) is 19.8 Å². The summed E-state index contributed by atoms with van der Waals surface area (Å²) in [5.74, 6) is 1.96. The lowest BCUT2D eigenvalue weighted by atomic mass is 9.99. The summed E-state index contributed by atoms with van der Waals surface area (Å²) in [4.78, 5) is 4.35. The summed E-state index contributed by atoms with van der Waals surface area (Å²) >= 11 is 0. The molecule has 0 aliphatic carbocycles. The highest BCUT2D eigenvalue weighted by Crippen LogP contribution is 2.30. The van der Waals surface area contributed by atoms with Gasteiger partial charge in [0.05, 0.1) is 12.2 Å². The Morgan fingerprint density at radius 2 is 2.05 bits per heavy atom. The lowest BCUT2D eigenvalue weighted by molar-refractivity contribution is 0.0738. The lowest BCUT2D eigenvalue weighted by Gasteiger charge is -2.22. The summed E-state index contributed by atoms with van der Waals surface area (Å²) in [5, 5.41) is 13.5. The minimum Gasteiger partial charge on any atom is -0.493 e. The predicted octanol–water partition coefficient (Wildman–Crippen LogP) is 2.79. The maximum atomic E-state index is 10.2. The Labute approximate surface area is 127 Å². The summed E-state index contributed by atoms with van der Waals surface area (Å²) in [6.45, 7) is 9.78. The van der Waals surface area contributed by atoms with Gasteiger partial charge in [-0.3, -0.25) is 0 Å². The van der Waals surface area contributed by atoms with Crippen LogP contribution >= 0.6 is 0 Å². The van der Waals surface area contributed by atoms with Crippen LogP contribution in [0, 0.1) is 5.92 Å². The molecule has 5 nitrogen and oxygen atoms in total. The number of pyridine rings is 1. The van der Waals surface area contributed by atoms with E-state index in [1.165, 1.54) is 0 Å². The number of hydrogen-bond acceptors (Lipinski definition) is 5. The van der Waals surface area contributed by atoms with Crippen LogP contribution in [0.3, 0.4) is 0 Å². The third kappa shape index (κ3) is 6.31. The Hall–Kier alpha value is -1.33. The van der Waals surface area contributed by atoms with E-state index >= 15 is 0 Å². The zero-order valence-corrected chi connectivity index (χ0v) is 13.8. The maximum absolute atomic E-state index is 10.2. The summed E-state index contributed by atoms with van der Waals surface area (Å²) in [7, 11) is 1.67. The van der Waals surface area contributed by atoms with Crippen molar-refractivity contribution in [3.8, 4) is 5.75 Å². The van der Waals surface area contributed by atoms with Gasteiger partial charge in [0.15, 0.2) is 0 Å². The van der Waals surface area contributed by atoms with Crippen LogP contribution < -0.4 is 10.1 Å². The van der Waals surface area contributed by atoms with Gasteiger partial charge in [0.25, 0.3) is 0 Å². The van der Waals surface area contributed by atoms with Gasteiger partial charge in [-0.15, -0.1) is 0 Å². The minimum atomic E-state index is -0.986. The molecule has 1 aromatic rings. The number of nitrogens with one attached hydrogen (secondary N) is 1. The first-order valence-corrected chi connectivity index (χ1v) is 7.43. The summed E-state index contributed by atoms with van der Waals surface area (Å²) in [6, 6.07) is 1.85. The molecule has 21 heavy (non-hydrogen) atoms. The Kier molecular flexibility index (Phi) is 6.92. The number of anilines is 1. The first kappa shape index (κ1) is 17.7. The molecule has 0 radical (unpaired) electrons. The second-order valence-electron chi connectivity index (χ2n) is 6.09. The monoisotopic (exact) mass is 296 g/mol. The molecule has 5 heteroatoms. The van der Waals surface area contributed by atoms with Crippen molar-refractivity contribution in [3.05, 3.63) is 17.8 Å². The van der Waals surface area contributed by atoms with E-state index < -0.39 is 5.60 Å². The number of rotatable bonds is 9. The lowest BCUT2D eigenvalue weighted by Crippen LogP contribution is -2.19. The fourth-order valence-corrected chi connectivity index (χ4v) is 1.81. The molecule has 1 rings (SSSR count). The van der Waals surface area contributed by atoms with Crippen LogP contribution in [-0.4, -0.2) is 37.0 Å². The number of aromatic nitrogens is 1. The molecule has 0 atom stereocenters. The molecule has 2 N–H and O–H groups in total. The van der Waals surface area contributed by atoms with Crippen molar-refractivity contribution < 1.29 is 14.6 Å². The maximum Gasteiger partial charge on any atom is 0.130 e. The Balaban J connectivity index is 2.83. The average molecular weight is 296 g/mol. The van der Waals surface area contributed by atoms with Crippen molar-refractivity contribution in [2.75, 3.05) is 32.2 Å². The SMILES string of the molecule is COCCCOc1cc(NCC(C)C)ncc1C(C)(C)O. The Morgan fingerprint density at radius 3 is 2.62 bits per heavy atom. The zero-order chi connectivity index (χ0) is 15.9. The van der Waals surface area contributed by atoms with E-state index in [1.54, 1.807) is 27.2 Å². The van der Waals surface area contributed by atoms with E-state index in [4.69, 9.17) is 9.47 Å². The van der Waals surface area contributed by atoms with Gasteiger partial charge in [0.2, 0.25) is 0 Å². The van der Waals surface area contributed by atoms with Crippen molar-refractivity contribution in [1.29, 1.82) is 0 Å². The molecule has 0 aliphatic heterocycles. The standard InChI is InChI=1S/C16H28N2O3/c1-12(2)10-17-15-9-14(21-8-6-7-20-5)13(11-18-15)16(3,4)19/h9,11-12,19H,6-8,10H2,1-5H3,(H,17,18). The molecule has 0 bridgehead atoms. The highest BCUT2D eigenvalue weighted by molar-refractivity contribution is 5.47. The number of hydrogen-bond donors (Lipinski definition) is 2. The quantitative estimate of drug-likeness (QED) is 0.686. The highest BCUT2D eigenvalue weighted by Gasteiger charge is 2.22. The van der Waals surface area contributed by atoms with E-state index in [9.17, 15) is 5.11 Å². The number of ether oxygens (including phenoxy) is 2. The van der Waals surface area contributed by atoms with E-state index in [1.807, 2.05) is 6.07 Å². The summed E-state index contributed by atoms with van der Waals surface area (Å²) in [5.41, 5.74) is -0.296. The van der Waals surface area contributed by atoms with Crippen molar-refractivity contribution in [2.24, 2.45) is 5.92 Å². The molecule has 1 heterocycles. The second-order valence-corrected chi connectivity index (χ2v) is 6.09. The molecule has 1 aromatic heterocycles. The summed E-state index contributed by atoms with van der Waals surface area (Å²) in [6.07, 6.45) is 2.48. The number of nitrogens with zero attached hydrogens (tertiary/aromatic N) is 1. The molecule has 0 saturated carbocycles. The van der Waals surface area contributed by atoms with Gasteiger partial charge >= 0.3 is 0 Å². The van der Waals surface area contributed by atoms with Crippen LogP contribution in [0.2, 0.25) is 0 Å². The molecule has 0 aliphatic rings. The highest BCUT2D eigenvalue weighted by atomic mass is 16.5. The van der Waals surface area contributed by atoms with Crippen LogP contribution in [0.1, 0.15) is 39.7 Å². The van der Waals surface area contributed by atoms with Crippen LogP contribution in [0.15, 0.2) is 12.3 Å². The molecule has 0 amide bonds. The molecule has 120 valence electrons. The third-order valence-electron chi connectivity index (χ3n) is 2.97. The van der Waals surface area contributed by atoms with E-state index in [0.29, 0.717) is 30.4 Å². The van der Waals surface area contributed by atoms with Gasteiger partial charge in [0, 0.05) is 44.5 Å². The van der Waals surface area contributed by atoms with Gasteiger partial charge in [0.1, 0.15) is 11.6 Å². The average Bonchev–Trinajstić information content (AvgIpc) is 2.40. The smallest absolute Gasteiger partial charge is 0.130 e. The largest absolute Gasteiger partial charge is 0.493 e. The minimum absolute atomic E-state index is 0.534. The fraction of sp³-hybridized carbons (Fsp3) is 0.688. The molecule has 0 saturated heterocycles. The van der Waals surface area contributed by atoms with Crippen LogP contribution in [-0.2, 0) is 10.3 Å². The molecule has 0 fully saturated rings. The van der Waals surface area contributed by atoms with Gasteiger partial charge in [-0.2, -0.15) is 0 Å². The predicted molar refractivity (Wildman–Crippen MR) is 84.8 cm³/mol. The second kappa shape index (κ2) is 8.20. The molecular weight excluding hydrogens is 268 g/mol. The van der Waals surface area contributed by atoms with Crippen molar-refractivity contribution in [2.45, 2.75) is 39.7 Å². The van der Waals surface area contributed by atoms with Crippen molar-refractivity contribution >= 4 is 5.82 Å². The first-order valence-electron chi connectivity index (χ1n) is 7.43. The van der Waals surface area contributed by atoms with Gasteiger partial charge < -0.3 is 19.9 Å². The molecular formula is C16H28N2O3. The van der Waals surface area contributed by atoms with Crippen LogP contribution in [0.25, 0.3) is 0 Å². The van der Waals surface area contributed by atoms with Crippen LogP contribution in [0.5, 0.6) is 5.75 Å². The third-order valence-corrected chi connectivity index (χ3v) is 2.97. The molecule has 0 unspecified atom stereocenters. The molecule has 0 aromatic carbocycles. The molecule has 0 spiro atoms. The van der Waals surface area contributed by atoms with Crippen LogP contribution in [0.4, 0.5) is 5.82 Å². The van der Waals surface area contributed by atoms with Crippen molar-refractivity contribution in [1.82, 2.24) is 4.98 Å². The zero-order valence-electron chi connectivity index (χ0n) is 13.8.